The van der Waals surface area contributed by atoms with Crippen LogP contribution in [-0.4, -0.2) is 37.0 Å². The van der Waals surface area contributed by atoms with Crippen LogP contribution in [0.15, 0.2) is 23.1 Å². The predicted octanol–water partition coefficient (Wildman–Crippen LogP) is 0.577. The van der Waals surface area contributed by atoms with E-state index in [2.05, 4.69) is 0 Å². The number of β-amino-alcohol motifs (C(OH)–C–C–N with tert-alkyl or cyclic N) is 1. The Bertz CT molecular complexity index is 588. The van der Waals surface area contributed by atoms with Gasteiger partial charge in [-0.3, -0.25) is 0 Å². The van der Waals surface area contributed by atoms with Gasteiger partial charge in [-0.2, -0.15) is 9.57 Å². The Balaban J connectivity index is 2.43. The molecule has 0 atom stereocenters. The Kier molecular flexibility index (Phi) is 3.10. The number of aliphatic hydroxyl groups is 1. The third kappa shape index (κ3) is 2.15. The minimum Gasteiger partial charge on any atom is -0.390 e. The number of sulfonamides is 1. The zero-order chi connectivity index (χ0) is 12.6. The highest BCUT2D eigenvalue weighted by atomic mass is 35.5. The molecule has 1 aliphatic heterocycles. The lowest BCUT2D eigenvalue weighted by Crippen LogP contribution is -2.53. The van der Waals surface area contributed by atoms with Gasteiger partial charge < -0.3 is 5.11 Å². The number of hydrogen-bond donors (Lipinski definition) is 1. The van der Waals surface area contributed by atoms with E-state index >= 15 is 0 Å². The number of rotatable bonds is 2. The van der Waals surface area contributed by atoms with Crippen molar-refractivity contribution < 1.29 is 13.5 Å². The van der Waals surface area contributed by atoms with Crippen LogP contribution in [-0.2, 0) is 10.0 Å². The second-order valence-corrected chi connectivity index (χ2v) is 6.05. The van der Waals surface area contributed by atoms with Crippen LogP contribution in [0, 0.1) is 11.3 Å². The summed E-state index contributed by atoms with van der Waals surface area (Å²) < 4.78 is 25.3. The molecule has 1 N–H and O–H groups in total. The van der Waals surface area contributed by atoms with Gasteiger partial charge in [-0.1, -0.05) is 11.6 Å². The molecule has 90 valence electrons. The van der Waals surface area contributed by atoms with E-state index in [0.29, 0.717) is 0 Å². The van der Waals surface area contributed by atoms with Gasteiger partial charge in [-0.25, -0.2) is 8.42 Å². The standard InChI is InChI=1S/C10H9ClN2O3S/c11-9-2-1-7(4-12)3-10(9)17(15,16)13-5-8(14)6-13/h1-3,8,14H,5-6H2. The van der Waals surface area contributed by atoms with E-state index in [1.807, 2.05) is 6.07 Å². The maximum atomic E-state index is 12.1. The van der Waals surface area contributed by atoms with Crippen molar-refractivity contribution in [2.24, 2.45) is 0 Å². The first-order valence-electron chi connectivity index (χ1n) is 4.83. The fraction of sp³-hybridized carbons (Fsp3) is 0.300. The number of aliphatic hydroxyl groups excluding tert-OH is 1. The molecule has 17 heavy (non-hydrogen) atoms. The number of nitriles is 1. The number of nitrogens with zero attached hydrogens (tertiary/aromatic N) is 2. The van der Waals surface area contributed by atoms with Crippen molar-refractivity contribution in [3.05, 3.63) is 28.8 Å². The van der Waals surface area contributed by atoms with Crippen molar-refractivity contribution in [1.29, 1.82) is 5.26 Å². The van der Waals surface area contributed by atoms with Crippen LogP contribution >= 0.6 is 11.6 Å². The molecule has 0 spiro atoms. The Morgan fingerprint density at radius 1 is 1.47 bits per heavy atom. The Morgan fingerprint density at radius 3 is 2.65 bits per heavy atom. The van der Waals surface area contributed by atoms with E-state index in [1.54, 1.807) is 0 Å². The van der Waals surface area contributed by atoms with Crippen LogP contribution in [0.1, 0.15) is 5.56 Å². The number of hydrogen-bond acceptors (Lipinski definition) is 4. The van der Waals surface area contributed by atoms with Crippen LogP contribution in [0.3, 0.4) is 0 Å². The van der Waals surface area contributed by atoms with E-state index in [0.717, 1.165) is 4.31 Å². The van der Waals surface area contributed by atoms with Gasteiger partial charge >= 0.3 is 0 Å². The SMILES string of the molecule is N#Cc1ccc(Cl)c(S(=O)(=O)N2CC(O)C2)c1. The van der Waals surface area contributed by atoms with E-state index < -0.39 is 16.1 Å². The molecule has 1 aromatic rings. The maximum Gasteiger partial charge on any atom is 0.244 e. The van der Waals surface area contributed by atoms with Crippen molar-refractivity contribution >= 4 is 21.6 Å². The maximum absolute atomic E-state index is 12.1. The van der Waals surface area contributed by atoms with Crippen molar-refractivity contribution in [3.8, 4) is 6.07 Å². The van der Waals surface area contributed by atoms with Crippen LogP contribution < -0.4 is 0 Å². The van der Waals surface area contributed by atoms with Gasteiger partial charge in [0, 0.05) is 13.1 Å². The molecule has 0 radical (unpaired) electrons. The topological polar surface area (TPSA) is 81.4 Å². The molecule has 0 saturated carbocycles. The van der Waals surface area contributed by atoms with Crippen molar-refractivity contribution in [1.82, 2.24) is 4.31 Å². The van der Waals surface area contributed by atoms with E-state index in [-0.39, 0.29) is 28.6 Å². The van der Waals surface area contributed by atoms with Gasteiger partial charge in [0.25, 0.3) is 0 Å². The molecule has 0 amide bonds. The smallest absolute Gasteiger partial charge is 0.244 e. The zero-order valence-electron chi connectivity index (χ0n) is 8.67. The van der Waals surface area contributed by atoms with E-state index in [4.69, 9.17) is 22.0 Å². The molecule has 0 unspecified atom stereocenters. The molecule has 1 aromatic carbocycles. The third-order valence-corrected chi connectivity index (χ3v) is 4.82. The van der Waals surface area contributed by atoms with E-state index in [9.17, 15) is 8.42 Å². The molecule has 0 aliphatic carbocycles. The largest absolute Gasteiger partial charge is 0.390 e. The van der Waals surface area contributed by atoms with Gasteiger partial charge in [0.15, 0.2) is 0 Å². The first kappa shape index (κ1) is 12.3. The van der Waals surface area contributed by atoms with E-state index in [1.165, 1.54) is 18.2 Å². The Hall–Kier alpha value is -1.13. The normalized spacial score (nSPS) is 17.5. The highest BCUT2D eigenvalue weighted by Crippen LogP contribution is 2.28. The van der Waals surface area contributed by atoms with Crippen LogP contribution in [0.2, 0.25) is 5.02 Å². The molecular formula is C10H9ClN2O3S. The van der Waals surface area contributed by atoms with Crippen molar-refractivity contribution in [2.75, 3.05) is 13.1 Å². The monoisotopic (exact) mass is 272 g/mol. The van der Waals surface area contributed by atoms with Gasteiger partial charge in [0.05, 0.1) is 22.8 Å². The van der Waals surface area contributed by atoms with Gasteiger partial charge in [0.2, 0.25) is 10.0 Å². The highest BCUT2D eigenvalue weighted by Gasteiger charge is 2.36. The van der Waals surface area contributed by atoms with Gasteiger partial charge in [-0.05, 0) is 18.2 Å². The fourth-order valence-corrected chi connectivity index (χ4v) is 3.54. The van der Waals surface area contributed by atoms with Gasteiger partial charge in [-0.15, -0.1) is 0 Å². The summed E-state index contributed by atoms with van der Waals surface area (Å²) in [5, 5.41) is 17.9. The highest BCUT2D eigenvalue weighted by molar-refractivity contribution is 7.89. The second kappa shape index (κ2) is 4.27. The summed E-state index contributed by atoms with van der Waals surface area (Å²) in [6.07, 6.45) is -0.623. The van der Waals surface area contributed by atoms with Crippen molar-refractivity contribution in [2.45, 2.75) is 11.0 Å². The molecule has 0 aromatic heterocycles. The molecule has 1 heterocycles. The number of halogens is 1. The molecule has 7 heteroatoms. The summed E-state index contributed by atoms with van der Waals surface area (Å²) in [7, 11) is -3.71. The molecular weight excluding hydrogens is 264 g/mol. The summed E-state index contributed by atoms with van der Waals surface area (Å²) in [4.78, 5) is -0.0925. The number of benzene rings is 1. The van der Waals surface area contributed by atoms with Gasteiger partial charge in [0.1, 0.15) is 4.90 Å². The summed E-state index contributed by atoms with van der Waals surface area (Å²) in [5.74, 6) is 0. The molecule has 5 nitrogen and oxygen atoms in total. The lowest BCUT2D eigenvalue weighted by molar-refractivity contribution is 0.0548. The van der Waals surface area contributed by atoms with Crippen LogP contribution in [0.25, 0.3) is 0 Å². The predicted molar refractivity (Wildman–Crippen MR) is 60.9 cm³/mol. The average molecular weight is 273 g/mol. The first-order valence-corrected chi connectivity index (χ1v) is 6.65. The third-order valence-electron chi connectivity index (χ3n) is 2.51. The quantitative estimate of drug-likeness (QED) is 0.854. The average Bonchev–Trinajstić information content (AvgIpc) is 2.25. The molecule has 1 fully saturated rings. The summed E-state index contributed by atoms with van der Waals surface area (Å²) in [6.45, 7) is 0.130. The molecule has 1 saturated heterocycles. The minimum atomic E-state index is -3.71. The fourth-order valence-electron chi connectivity index (χ4n) is 1.52. The molecule has 0 bridgehead atoms. The first-order chi connectivity index (χ1) is 7.95. The summed E-state index contributed by atoms with van der Waals surface area (Å²) >= 11 is 5.82. The lowest BCUT2D eigenvalue weighted by Gasteiger charge is -2.34. The lowest BCUT2D eigenvalue weighted by atomic mass is 10.2. The summed E-state index contributed by atoms with van der Waals surface area (Å²) in [5.41, 5.74) is 0.231. The molecule has 2 rings (SSSR count). The van der Waals surface area contributed by atoms with Crippen LogP contribution in [0.4, 0.5) is 0 Å². The Morgan fingerprint density at radius 2 is 2.12 bits per heavy atom. The Labute approximate surface area is 104 Å². The zero-order valence-corrected chi connectivity index (χ0v) is 10.2. The van der Waals surface area contributed by atoms with Crippen LogP contribution in [0.5, 0.6) is 0 Å². The second-order valence-electron chi connectivity index (χ2n) is 3.73. The van der Waals surface area contributed by atoms with Crippen molar-refractivity contribution in [3.63, 3.8) is 0 Å². The molecule has 1 aliphatic rings. The summed E-state index contributed by atoms with van der Waals surface area (Å²) in [6, 6.07) is 5.93. The minimum absolute atomic E-state index is 0.0649.